The average molecular weight is 414 g/mol. The lowest BCUT2D eigenvalue weighted by Gasteiger charge is -2.38. The summed E-state index contributed by atoms with van der Waals surface area (Å²) in [6.07, 6.45) is -1.43. The average Bonchev–Trinajstić information content (AvgIpc) is 2.66. The molecule has 8 heteroatoms. The highest BCUT2D eigenvalue weighted by Gasteiger charge is 2.38. The number of nitrogens with zero attached hydrogens (tertiary/aromatic N) is 1. The number of hydrogen-bond acceptors (Lipinski definition) is 6. The van der Waals surface area contributed by atoms with E-state index in [-0.39, 0.29) is 11.8 Å². The van der Waals surface area contributed by atoms with Gasteiger partial charge in [-0.1, -0.05) is 30.2 Å². The fraction of sp³-hybridized carbons (Fsp3) is 0.600. The molecule has 0 aromatic heterocycles. The van der Waals surface area contributed by atoms with Crippen LogP contribution >= 0.6 is 11.6 Å². The number of aliphatic hydroxyl groups excluding tert-OH is 2. The second kappa shape index (κ2) is 10.2. The first-order chi connectivity index (χ1) is 13.2. The van der Waals surface area contributed by atoms with Crippen LogP contribution in [-0.2, 0) is 14.3 Å². The zero-order chi connectivity index (χ0) is 20.8. The highest BCUT2D eigenvalue weighted by atomic mass is 35.5. The van der Waals surface area contributed by atoms with E-state index in [1.807, 2.05) is 38.4 Å². The zero-order valence-corrected chi connectivity index (χ0v) is 16.9. The molecular weight excluding hydrogens is 386 g/mol. The van der Waals surface area contributed by atoms with Crippen molar-refractivity contribution < 1.29 is 29.6 Å². The molecule has 0 heterocycles. The lowest BCUT2D eigenvalue weighted by atomic mass is 9.74. The van der Waals surface area contributed by atoms with Crippen LogP contribution in [0.3, 0.4) is 0 Å². The van der Waals surface area contributed by atoms with Crippen LogP contribution in [0.25, 0.3) is 0 Å². The van der Waals surface area contributed by atoms with E-state index in [4.69, 9.17) is 21.4 Å². The Morgan fingerprint density at radius 3 is 2.32 bits per heavy atom. The maximum atomic E-state index is 12.2. The number of esters is 1. The fourth-order valence-electron chi connectivity index (χ4n) is 3.81. The Morgan fingerprint density at radius 2 is 1.75 bits per heavy atom. The summed E-state index contributed by atoms with van der Waals surface area (Å²) in [5.41, 5.74) is 1.08. The first-order valence-corrected chi connectivity index (χ1v) is 9.78. The largest absolute Gasteiger partial charge is 0.479 e. The van der Waals surface area contributed by atoms with Crippen molar-refractivity contribution in [1.82, 2.24) is 4.90 Å². The monoisotopic (exact) mass is 413 g/mol. The first-order valence-electron chi connectivity index (χ1n) is 9.40. The van der Waals surface area contributed by atoms with Gasteiger partial charge in [-0.3, -0.25) is 0 Å². The van der Waals surface area contributed by atoms with Crippen molar-refractivity contribution in [3.63, 3.8) is 0 Å². The Labute approximate surface area is 169 Å². The summed E-state index contributed by atoms with van der Waals surface area (Å²) in [6.45, 7) is 0.737. The Balaban J connectivity index is 2.21. The molecule has 1 fully saturated rings. The van der Waals surface area contributed by atoms with E-state index >= 15 is 0 Å². The van der Waals surface area contributed by atoms with Gasteiger partial charge in [-0.15, -0.1) is 0 Å². The summed E-state index contributed by atoms with van der Waals surface area (Å²) in [5.74, 6) is -2.69. The van der Waals surface area contributed by atoms with Gasteiger partial charge in [0, 0.05) is 23.4 Å². The van der Waals surface area contributed by atoms with Gasteiger partial charge < -0.3 is 25.0 Å². The van der Waals surface area contributed by atoms with E-state index in [2.05, 4.69) is 4.90 Å². The van der Waals surface area contributed by atoms with Gasteiger partial charge in [-0.2, -0.15) is 0 Å². The SMILES string of the molecule is CN(C)CC(c1ccc(Cl)cc1)[C@H]1CCCC[C@@H]1OC(=O)[C@H](O)[C@@H](O)C(=O)O. The van der Waals surface area contributed by atoms with Gasteiger partial charge in [0.25, 0.3) is 0 Å². The standard InChI is InChI=1S/C20H28ClNO6/c1-22(2)11-15(12-7-9-13(21)10-8-12)14-5-3-4-6-16(14)28-20(27)18(24)17(23)19(25)26/h7-10,14-18,23-24H,3-6,11H2,1-2H3,(H,25,26)/t14-,15?,16+,17-,18-/m1/s1. The van der Waals surface area contributed by atoms with Gasteiger partial charge >= 0.3 is 11.9 Å². The maximum Gasteiger partial charge on any atom is 0.338 e. The molecule has 0 radical (unpaired) electrons. The molecule has 0 spiro atoms. The molecule has 28 heavy (non-hydrogen) atoms. The predicted molar refractivity (Wildman–Crippen MR) is 104 cm³/mol. The predicted octanol–water partition coefficient (Wildman–Crippen LogP) is 1.89. The number of carboxylic acid groups (broad SMARTS) is 1. The summed E-state index contributed by atoms with van der Waals surface area (Å²) in [7, 11) is 3.94. The minimum Gasteiger partial charge on any atom is -0.479 e. The number of halogens is 1. The van der Waals surface area contributed by atoms with Gasteiger partial charge in [-0.25, -0.2) is 9.59 Å². The van der Waals surface area contributed by atoms with Crippen LogP contribution in [0.1, 0.15) is 37.2 Å². The lowest BCUT2D eigenvalue weighted by molar-refractivity contribution is -0.177. The third kappa shape index (κ3) is 5.91. The minimum atomic E-state index is -2.21. The van der Waals surface area contributed by atoms with E-state index in [1.54, 1.807) is 0 Å². The summed E-state index contributed by atoms with van der Waals surface area (Å²) in [4.78, 5) is 25.1. The number of aliphatic carboxylic acids is 1. The summed E-state index contributed by atoms with van der Waals surface area (Å²) in [6, 6.07) is 7.59. The smallest absolute Gasteiger partial charge is 0.338 e. The number of carboxylic acids is 1. The first kappa shape index (κ1) is 22.6. The number of carbonyl (C=O) groups is 2. The van der Waals surface area contributed by atoms with Crippen LogP contribution in [-0.4, -0.2) is 71.1 Å². The van der Waals surface area contributed by atoms with E-state index in [9.17, 15) is 19.8 Å². The van der Waals surface area contributed by atoms with Gasteiger partial charge in [0.15, 0.2) is 12.2 Å². The van der Waals surface area contributed by atoms with Gasteiger partial charge in [0.1, 0.15) is 6.10 Å². The van der Waals surface area contributed by atoms with E-state index in [1.165, 1.54) is 0 Å². The van der Waals surface area contributed by atoms with Crippen LogP contribution < -0.4 is 0 Å². The number of aliphatic hydroxyl groups is 2. The van der Waals surface area contributed by atoms with Crippen LogP contribution in [0.2, 0.25) is 5.02 Å². The minimum absolute atomic E-state index is 0.00967. The third-order valence-electron chi connectivity index (χ3n) is 5.19. The molecule has 7 nitrogen and oxygen atoms in total. The quantitative estimate of drug-likeness (QED) is 0.558. The highest BCUT2D eigenvalue weighted by Crippen LogP contribution is 2.38. The topological polar surface area (TPSA) is 107 Å². The second-order valence-corrected chi connectivity index (χ2v) is 8.01. The number of benzene rings is 1. The molecule has 2 rings (SSSR count). The fourth-order valence-corrected chi connectivity index (χ4v) is 3.93. The molecule has 156 valence electrons. The van der Waals surface area contributed by atoms with Gasteiger partial charge in [0.05, 0.1) is 0 Å². The van der Waals surface area contributed by atoms with Crippen LogP contribution in [0.4, 0.5) is 0 Å². The van der Waals surface area contributed by atoms with Crippen molar-refractivity contribution in [3.05, 3.63) is 34.9 Å². The van der Waals surface area contributed by atoms with Crippen molar-refractivity contribution in [2.24, 2.45) is 5.92 Å². The van der Waals surface area contributed by atoms with Crippen molar-refractivity contribution in [1.29, 1.82) is 0 Å². The molecule has 1 aliphatic rings. The van der Waals surface area contributed by atoms with Gasteiger partial charge in [-0.05, 0) is 51.1 Å². The zero-order valence-electron chi connectivity index (χ0n) is 16.1. The number of likely N-dealkylation sites (N-methyl/N-ethyl adjacent to an activating group) is 1. The van der Waals surface area contributed by atoms with Crippen LogP contribution in [0.5, 0.6) is 0 Å². The number of ether oxygens (including phenoxy) is 1. The van der Waals surface area contributed by atoms with E-state index in [0.717, 1.165) is 31.4 Å². The van der Waals surface area contributed by atoms with Gasteiger partial charge in [0.2, 0.25) is 0 Å². The summed E-state index contributed by atoms with van der Waals surface area (Å²) < 4.78 is 5.49. The molecule has 0 bridgehead atoms. The molecule has 0 aliphatic heterocycles. The normalized spacial score (nSPS) is 23.1. The Hall–Kier alpha value is -1.67. The molecule has 1 unspecified atom stereocenters. The Morgan fingerprint density at radius 1 is 1.14 bits per heavy atom. The molecular formula is C20H28ClNO6. The molecule has 3 N–H and O–H groups in total. The number of rotatable bonds is 8. The summed E-state index contributed by atoms with van der Waals surface area (Å²) in [5, 5.41) is 28.6. The summed E-state index contributed by atoms with van der Waals surface area (Å²) >= 11 is 6.02. The lowest BCUT2D eigenvalue weighted by Crippen LogP contribution is -2.44. The molecule has 1 saturated carbocycles. The van der Waals surface area contributed by atoms with Crippen LogP contribution in [0.15, 0.2) is 24.3 Å². The molecule has 1 aliphatic carbocycles. The Bertz CT molecular complexity index is 665. The second-order valence-electron chi connectivity index (χ2n) is 7.57. The van der Waals surface area contributed by atoms with Crippen molar-refractivity contribution in [2.75, 3.05) is 20.6 Å². The maximum absolute atomic E-state index is 12.2. The number of carbonyl (C=O) groups excluding carboxylic acids is 1. The number of hydrogen-bond donors (Lipinski definition) is 3. The molecule has 1 aromatic carbocycles. The molecule has 5 atom stereocenters. The van der Waals surface area contributed by atoms with Crippen molar-refractivity contribution >= 4 is 23.5 Å². The Kier molecular flexibility index (Phi) is 8.24. The van der Waals surface area contributed by atoms with Crippen molar-refractivity contribution in [2.45, 2.75) is 49.9 Å². The molecule has 1 aromatic rings. The van der Waals surface area contributed by atoms with Crippen molar-refractivity contribution in [3.8, 4) is 0 Å². The third-order valence-corrected chi connectivity index (χ3v) is 5.44. The molecule has 0 amide bonds. The highest BCUT2D eigenvalue weighted by molar-refractivity contribution is 6.30. The molecule has 0 saturated heterocycles. The van der Waals surface area contributed by atoms with E-state index in [0.29, 0.717) is 11.4 Å². The van der Waals surface area contributed by atoms with E-state index < -0.39 is 30.3 Å². The van der Waals surface area contributed by atoms with Crippen LogP contribution in [0, 0.1) is 5.92 Å².